The number of allylic oxidation sites excluding steroid dienone is 1. The number of benzene rings is 2. The third-order valence-corrected chi connectivity index (χ3v) is 4.01. The molecule has 3 aromatic rings. The van der Waals surface area contributed by atoms with Crippen molar-refractivity contribution in [2.75, 3.05) is 0 Å². The highest BCUT2D eigenvalue weighted by molar-refractivity contribution is 5.93. The summed E-state index contributed by atoms with van der Waals surface area (Å²) in [4.78, 5) is 0. The van der Waals surface area contributed by atoms with Crippen molar-refractivity contribution < 1.29 is 0 Å². The molecule has 0 spiro atoms. The van der Waals surface area contributed by atoms with Crippen LogP contribution < -0.4 is 5.73 Å². The molecule has 1 heterocycles. The van der Waals surface area contributed by atoms with Crippen LogP contribution in [0.5, 0.6) is 0 Å². The van der Waals surface area contributed by atoms with Gasteiger partial charge in [0.1, 0.15) is 0 Å². The lowest BCUT2D eigenvalue weighted by Gasteiger charge is -2.15. The van der Waals surface area contributed by atoms with Gasteiger partial charge in [-0.05, 0) is 37.1 Å². The summed E-state index contributed by atoms with van der Waals surface area (Å²) in [6, 6.07) is 19.1. The zero-order valence-electron chi connectivity index (χ0n) is 11.2. The second-order valence-corrected chi connectivity index (χ2v) is 5.27. The number of para-hydroxylation sites is 2. The summed E-state index contributed by atoms with van der Waals surface area (Å²) in [6.07, 6.45) is 4.08. The van der Waals surface area contributed by atoms with Crippen molar-refractivity contribution >= 4 is 17.0 Å². The van der Waals surface area contributed by atoms with Crippen molar-refractivity contribution in [2.45, 2.75) is 12.8 Å². The van der Waals surface area contributed by atoms with Crippen LogP contribution in [0.25, 0.3) is 22.7 Å². The minimum absolute atomic E-state index is 0.941. The summed E-state index contributed by atoms with van der Waals surface area (Å²) in [5.74, 6) is 0. The van der Waals surface area contributed by atoms with Crippen LogP contribution in [0.15, 0.2) is 60.3 Å². The lowest BCUT2D eigenvalue weighted by Crippen LogP contribution is -2.08. The highest BCUT2D eigenvalue weighted by atomic mass is 15.0. The van der Waals surface area contributed by atoms with Gasteiger partial charge >= 0.3 is 0 Å². The second-order valence-electron chi connectivity index (χ2n) is 5.27. The topological polar surface area (TPSA) is 30.9 Å². The lowest BCUT2D eigenvalue weighted by molar-refractivity contribution is 0.848. The molecule has 1 aromatic heterocycles. The van der Waals surface area contributed by atoms with E-state index in [9.17, 15) is 0 Å². The first-order chi connectivity index (χ1) is 9.84. The Morgan fingerprint density at radius 2 is 1.60 bits per heavy atom. The molecule has 0 fully saturated rings. The van der Waals surface area contributed by atoms with E-state index < -0.39 is 0 Å². The van der Waals surface area contributed by atoms with E-state index in [4.69, 9.17) is 5.73 Å². The van der Waals surface area contributed by atoms with Crippen LogP contribution in [-0.4, -0.2) is 4.57 Å². The van der Waals surface area contributed by atoms with Crippen molar-refractivity contribution in [3.8, 4) is 5.69 Å². The van der Waals surface area contributed by atoms with Gasteiger partial charge in [0, 0.05) is 28.0 Å². The lowest BCUT2D eigenvalue weighted by atomic mass is 10.00. The van der Waals surface area contributed by atoms with E-state index in [-0.39, 0.29) is 0 Å². The van der Waals surface area contributed by atoms with Gasteiger partial charge in [-0.1, -0.05) is 36.4 Å². The Hall–Kier alpha value is -2.48. The number of nitrogens with two attached hydrogens (primary N) is 1. The number of rotatable bonds is 1. The molecule has 0 bridgehead atoms. The van der Waals surface area contributed by atoms with Gasteiger partial charge in [-0.3, -0.25) is 0 Å². The fourth-order valence-corrected chi connectivity index (χ4v) is 3.12. The Morgan fingerprint density at radius 1 is 0.850 bits per heavy atom. The molecule has 0 saturated heterocycles. The predicted octanol–water partition coefficient (Wildman–Crippen LogP) is 3.88. The van der Waals surface area contributed by atoms with E-state index in [0.29, 0.717) is 0 Å². The molecule has 2 N–H and O–H groups in total. The molecular formula is C18H16N2. The average molecular weight is 260 g/mol. The van der Waals surface area contributed by atoms with Crippen molar-refractivity contribution in [1.29, 1.82) is 0 Å². The molecule has 20 heavy (non-hydrogen) atoms. The summed E-state index contributed by atoms with van der Waals surface area (Å²) in [5, 5.41) is 1.29. The van der Waals surface area contributed by atoms with Gasteiger partial charge in [0.15, 0.2) is 0 Å². The third-order valence-electron chi connectivity index (χ3n) is 4.01. The van der Waals surface area contributed by atoms with Crippen molar-refractivity contribution in [2.24, 2.45) is 5.73 Å². The second kappa shape index (κ2) is 4.27. The predicted molar refractivity (Wildman–Crippen MR) is 83.8 cm³/mol. The Labute approximate surface area is 118 Å². The number of hydrogen-bond donors (Lipinski definition) is 1. The maximum atomic E-state index is 6.04. The first-order valence-corrected chi connectivity index (χ1v) is 6.98. The van der Waals surface area contributed by atoms with Crippen LogP contribution in [0.4, 0.5) is 0 Å². The molecule has 2 nitrogen and oxygen atoms in total. The fourth-order valence-electron chi connectivity index (χ4n) is 3.12. The van der Waals surface area contributed by atoms with Crippen molar-refractivity contribution in [1.82, 2.24) is 4.57 Å². The molecule has 0 atom stereocenters. The maximum Gasteiger partial charge on any atom is 0.0537 e. The SMILES string of the molecule is NC1=Cc2c(n(-c3ccccc3)c3ccccc23)CC1. The standard InChI is InChI=1S/C18H16N2/c19-13-10-11-18-16(12-13)15-8-4-5-9-17(15)20(18)14-6-2-1-3-7-14/h1-9,12H,10-11,19H2. The van der Waals surface area contributed by atoms with E-state index in [1.54, 1.807) is 0 Å². The van der Waals surface area contributed by atoms with E-state index >= 15 is 0 Å². The van der Waals surface area contributed by atoms with Gasteiger partial charge in [-0.15, -0.1) is 0 Å². The van der Waals surface area contributed by atoms with E-state index in [2.05, 4.69) is 65.2 Å². The number of hydrogen-bond acceptors (Lipinski definition) is 1. The minimum Gasteiger partial charge on any atom is -0.402 e. The molecule has 2 heteroatoms. The molecule has 0 radical (unpaired) electrons. The smallest absolute Gasteiger partial charge is 0.0537 e. The minimum atomic E-state index is 0.941. The molecule has 0 unspecified atom stereocenters. The summed E-state index contributed by atoms with van der Waals surface area (Å²) < 4.78 is 2.37. The molecular weight excluding hydrogens is 244 g/mol. The van der Waals surface area contributed by atoms with Crippen LogP contribution in [0.3, 0.4) is 0 Å². The largest absolute Gasteiger partial charge is 0.402 e. The van der Waals surface area contributed by atoms with Gasteiger partial charge in [0.05, 0.1) is 5.52 Å². The summed E-state index contributed by atoms with van der Waals surface area (Å²) in [5.41, 5.74) is 12.2. The third kappa shape index (κ3) is 1.58. The Bertz CT molecular complexity index is 810. The highest BCUT2D eigenvalue weighted by Crippen LogP contribution is 2.34. The first-order valence-electron chi connectivity index (χ1n) is 6.98. The Morgan fingerprint density at radius 3 is 2.45 bits per heavy atom. The zero-order chi connectivity index (χ0) is 13.5. The van der Waals surface area contributed by atoms with Crippen LogP contribution in [-0.2, 0) is 6.42 Å². The molecule has 1 aliphatic carbocycles. The summed E-state index contributed by atoms with van der Waals surface area (Å²) in [7, 11) is 0. The number of nitrogens with zero attached hydrogens (tertiary/aromatic N) is 1. The fraction of sp³-hybridized carbons (Fsp3) is 0.111. The van der Waals surface area contributed by atoms with Gasteiger partial charge < -0.3 is 10.3 Å². The average Bonchev–Trinajstić information content (AvgIpc) is 2.82. The Balaban J connectivity index is 2.12. The summed E-state index contributed by atoms with van der Waals surface area (Å²) in [6.45, 7) is 0. The van der Waals surface area contributed by atoms with Crippen molar-refractivity contribution in [3.05, 3.63) is 71.6 Å². The van der Waals surface area contributed by atoms with Crippen LogP contribution in [0, 0.1) is 0 Å². The molecule has 0 aliphatic heterocycles. The van der Waals surface area contributed by atoms with Crippen molar-refractivity contribution in [3.63, 3.8) is 0 Å². The highest BCUT2D eigenvalue weighted by Gasteiger charge is 2.19. The van der Waals surface area contributed by atoms with Gasteiger partial charge in [0.2, 0.25) is 0 Å². The molecule has 0 amide bonds. The maximum absolute atomic E-state index is 6.04. The van der Waals surface area contributed by atoms with E-state index in [1.807, 2.05) is 0 Å². The van der Waals surface area contributed by atoms with E-state index in [0.717, 1.165) is 18.5 Å². The molecule has 0 saturated carbocycles. The van der Waals surface area contributed by atoms with Gasteiger partial charge in [-0.2, -0.15) is 0 Å². The monoisotopic (exact) mass is 260 g/mol. The van der Waals surface area contributed by atoms with Crippen LogP contribution in [0.2, 0.25) is 0 Å². The van der Waals surface area contributed by atoms with Gasteiger partial charge in [-0.25, -0.2) is 0 Å². The molecule has 2 aromatic carbocycles. The molecule has 1 aliphatic rings. The van der Waals surface area contributed by atoms with Crippen LogP contribution in [0.1, 0.15) is 17.7 Å². The number of fused-ring (bicyclic) bond motifs is 3. The quantitative estimate of drug-likeness (QED) is 0.707. The van der Waals surface area contributed by atoms with E-state index in [1.165, 1.54) is 27.8 Å². The van der Waals surface area contributed by atoms with Crippen LogP contribution >= 0.6 is 0 Å². The zero-order valence-corrected chi connectivity index (χ0v) is 11.2. The number of aromatic nitrogens is 1. The Kier molecular flexibility index (Phi) is 2.43. The normalized spacial score (nSPS) is 14.1. The molecule has 98 valence electrons. The summed E-state index contributed by atoms with van der Waals surface area (Å²) >= 11 is 0. The molecule has 4 rings (SSSR count). The first kappa shape index (κ1) is 11.4. The van der Waals surface area contributed by atoms with Gasteiger partial charge in [0.25, 0.3) is 0 Å².